The van der Waals surface area contributed by atoms with E-state index in [0.717, 1.165) is 24.1 Å². The van der Waals surface area contributed by atoms with Crippen LogP contribution in [-0.4, -0.2) is 0 Å². The molecule has 3 heteroatoms. The Kier molecular flexibility index (Phi) is 4.80. The lowest BCUT2D eigenvalue weighted by Gasteiger charge is -2.12. The van der Waals surface area contributed by atoms with Crippen LogP contribution in [0.1, 0.15) is 24.5 Å². The molecular formula is C16H17ClFN. The first kappa shape index (κ1) is 13.9. The number of aryl methyl sites for hydroxylation is 1. The Morgan fingerprint density at radius 2 is 1.89 bits per heavy atom. The van der Waals surface area contributed by atoms with E-state index in [9.17, 15) is 4.39 Å². The van der Waals surface area contributed by atoms with E-state index in [1.165, 1.54) is 17.7 Å². The van der Waals surface area contributed by atoms with Crippen molar-refractivity contribution < 1.29 is 4.39 Å². The van der Waals surface area contributed by atoms with Gasteiger partial charge in [-0.1, -0.05) is 43.1 Å². The van der Waals surface area contributed by atoms with Crippen LogP contribution in [0.2, 0.25) is 5.02 Å². The van der Waals surface area contributed by atoms with Crippen LogP contribution in [0.4, 0.5) is 10.1 Å². The standard InChI is InChI=1S/C16H17ClFN/c1-2-5-12-6-3-4-7-16(12)19-11-13-10-14(18)8-9-15(13)17/h3-4,6-10,19H,2,5,11H2,1H3. The molecule has 2 aromatic carbocycles. The van der Waals surface area contributed by atoms with Crippen LogP contribution >= 0.6 is 11.6 Å². The third-order valence-corrected chi connectivity index (χ3v) is 3.38. The van der Waals surface area contributed by atoms with Gasteiger partial charge < -0.3 is 5.32 Å². The topological polar surface area (TPSA) is 12.0 Å². The lowest BCUT2D eigenvalue weighted by atomic mass is 10.1. The highest BCUT2D eigenvalue weighted by atomic mass is 35.5. The van der Waals surface area contributed by atoms with Crippen molar-refractivity contribution in [1.82, 2.24) is 0 Å². The zero-order chi connectivity index (χ0) is 13.7. The average molecular weight is 278 g/mol. The van der Waals surface area contributed by atoms with E-state index >= 15 is 0 Å². The van der Waals surface area contributed by atoms with Gasteiger partial charge in [0.05, 0.1) is 0 Å². The predicted molar refractivity (Wildman–Crippen MR) is 79.2 cm³/mol. The fourth-order valence-corrected chi connectivity index (χ4v) is 2.23. The Morgan fingerprint density at radius 3 is 2.68 bits per heavy atom. The van der Waals surface area contributed by atoms with Gasteiger partial charge in [0.25, 0.3) is 0 Å². The molecule has 0 aliphatic rings. The van der Waals surface area contributed by atoms with Gasteiger partial charge in [-0.05, 0) is 41.8 Å². The lowest BCUT2D eigenvalue weighted by molar-refractivity contribution is 0.626. The maximum absolute atomic E-state index is 13.2. The molecule has 0 unspecified atom stereocenters. The van der Waals surface area contributed by atoms with Gasteiger partial charge in [-0.15, -0.1) is 0 Å². The second kappa shape index (κ2) is 6.58. The molecule has 1 N–H and O–H groups in total. The molecule has 0 aliphatic carbocycles. The maximum atomic E-state index is 13.2. The zero-order valence-electron chi connectivity index (χ0n) is 10.9. The van der Waals surface area contributed by atoms with Gasteiger partial charge in [0, 0.05) is 17.3 Å². The van der Waals surface area contributed by atoms with Gasteiger partial charge in [-0.3, -0.25) is 0 Å². The van der Waals surface area contributed by atoms with Gasteiger partial charge in [0.2, 0.25) is 0 Å². The quantitative estimate of drug-likeness (QED) is 0.807. The zero-order valence-corrected chi connectivity index (χ0v) is 11.7. The molecular weight excluding hydrogens is 261 g/mol. The summed E-state index contributed by atoms with van der Waals surface area (Å²) >= 11 is 6.06. The molecule has 0 saturated heterocycles. The van der Waals surface area contributed by atoms with Crippen molar-refractivity contribution in [2.45, 2.75) is 26.3 Å². The maximum Gasteiger partial charge on any atom is 0.123 e. The van der Waals surface area contributed by atoms with E-state index in [4.69, 9.17) is 11.6 Å². The normalized spacial score (nSPS) is 10.5. The van der Waals surface area contributed by atoms with Gasteiger partial charge in [0.15, 0.2) is 0 Å². The summed E-state index contributed by atoms with van der Waals surface area (Å²) in [7, 11) is 0. The van der Waals surface area contributed by atoms with Crippen LogP contribution in [0, 0.1) is 5.82 Å². The molecule has 2 rings (SSSR count). The molecule has 0 amide bonds. The summed E-state index contributed by atoms with van der Waals surface area (Å²) in [4.78, 5) is 0. The van der Waals surface area contributed by atoms with E-state index in [1.54, 1.807) is 6.07 Å². The van der Waals surface area contributed by atoms with Gasteiger partial charge >= 0.3 is 0 Å². The van der Waals surface area contributed by atoms with Crippen LogP contribution in [0.3, 0.4) is 0 Å². The summed E-state index contributed by atoms with van der Waals surface area (Å²) in [6.45, 7) is 2.68. The number of nitrogens with one attached hydrogen (secondary N) is 1. The van der Waals surface area contributed by atoms with E-state index in [-0.39, 0.29) is 5.82 Å². The highest BCUT2D eigenvalue weighted by molar-refractivity contribution is 6.31. The van der Waals surface area contributed by atoms with E-state index < -0.39 is 0 Å². The third-order valence-electron chi connectivity index (χ3n) is 3.01. The molecule has 2 aromatic rings. The molecule has 0 saturated carbocycles. The highest BCUT2D eigenvalue weighted by Gasteiger charge is 2.04. The summed E-state index contributed by atoms with van der Waals surface area (Å²) in [5, 5.41) is 3.92. The van der Waals surface area contributed by atoms with Crippen LogP contribution in [0.15, 0.2) is 42.5 Å². The SMILES string of the molecule is CCCc1ccccc1NCc1cc(F)ccc1Cl. The fourth-order valence-electron chi connectivity index (χ4n) is 2.05. The van der Waals surface area contributed by atoms with Crippen molar-refractivity contribution in [3.8, 4) is 0 Å². The highest BCUT2D eigenvalue weighted by Crippen LogP contribution is 2.21. The Labute approximate surface area is 118 Å². The molecule has 0 fully saturated rings. The second-order valence-corrected chi connectivity index (χ2v) is 4.90. The van der Waals surface area contributed by atoms with Crippen LogP contribution in [0.5, 0.6) is 0 Å². The molecule has 0 bridgehead atoms. The lowest BCUT2D eigenvalue weighted by Crippen LogP contribution is -2.03. The van der Waals surface area contributed by atoms with Gasteiger partial charge in [-0.25, -0.2) is 4.39 Å². The monoisotopic (exact) mass is 277 g/mol. The minimum Gasteiger partial charge on any atom is -0.381 e. The van der Waals surface area contributed by atoms with Crippen molar-refractivity contribution in [2.24, 2.45) is 0 Å². The molecule has 0 atom stereocenters. The second-order valence-electron chi connectivity index (χ2n) is 4.50. The fraction of sp³-hybridized carbons (Fsp3) is 0.250. The molecule has 0 aliphatic heterocycles. The smallest absolute Gasteiger partial charge is 0.123 e. The van der Waals surface area contributed by atoms with Crippen molar-refractivity contribution in [1.29, 1.82) is 0 Å². The summed E-state index contributed by atoms with van der Waals surface area (Å²) in [6, 6.07) is 12.6. The summed E-state index contributed by atoms with van der Waals surface area (Å²) in [5.41, 5.74) is 3.13. The van der Waals surface area contributed by atoms with Crippen molar-refractivity contribution in [3.63, 3.8) is 0 Å². The number of rotatable bonds is 5. The van der Waals surface area contributed by atoms with Crippen LogP contribution in [-0.2, 0) is 13.0 Å². The van der Waals surface area contributed by atoms with Crippen molar-refractivity contribution >= 4 is 17.3 Å². The first-order valence-electron chi connectivity index (χ1n) is 6.46. The summed E-state index contributed by atoms with van der Waals surface area (Å²) < 4.78 is 13.2. The minimum absolute atomic E-state index is 0.261. The number of anilines is 1. The summed E-state index contributed by atoms with van der Waals surface area (Å²) in [5.74, 6) is -0.261. The minimum atomic E-state index is -0.261. The van der Waals surface area contributed by atoms with E-state index in [1.807, 2.05) is 18.2 Å². The molecule has 0 spiro atoms. The van der Waals surface area contributed by atoms with Gasteiger partial charge in [0.1, 0.15) is 5.82 Å². The van der Waals surface area contributed by atoms with E-state index in [0.29, 0.717) is 11.6 Å². The molecule has 0 heterocycles. The van der Waals surface area contributed by atoms with Crippen molar-refractivity contribution in [3.05, 3.63) is 64.4 Å². The van der Waals surface area contributed by atoms with Crippen LogP contribution < -0.4 is 5.32 Å². The Morgan fingerprint density at radius 1 is 1.11 bits per heavy atom. The molecule has 1 nitrogen and oxygen atoms in total. The number of hydrogen-bond donors (Lipinski definition) is 1. The average Bonchev–Trinajstić information content (AvgIpc) is 2.42. The largest absolute Gasteiger partial charge is 0.381 e. The molecule has 19 heavy (non-hydrogen) atoms. The first-order valence-corrected chi connectivity index (χ1v) is 6.84. The van der Waals surface area contributed by atoms with Crippen LogP contribution in [0.25, 0.3) is 0 Å². The van der Waals surface area contributed by atoms with Gasteiger partial charge in [-0.2, -0.15) is 0 Å². The first-order chi connectivity index (χ1) is 9.20. The predicted octanol–water partition coefficient (Wildman–Crippen LogP) is 5.04. The Balaban J connectivity index is 2.12. The molecule has 0 radical (unpaired) electrons. The molecule has 0 aromatic heterocycles. The Hall–Kier alpha value is -1.54. The Bertz CT molecular complexity index is 554. The van der Waals surface area contributed by atoms with Crippen molar-refractivity contribution in [2.75, 3.05) is 5.32 Å². The molecule has 100 valence electrons. The number of halogens is 2. The van der Waals surface area contributed by atoms with E-state index in [2.05, 4.69) is 18.3 Å². The number of para-hydroxylation sites is 1. The number of hydrogen-bond acceptors (Lipinski definition) is 1. The summed E-state index contributed by atoms with van der Waals surface area (Å²) in [6.07, 6.45) is 2.12. The number of benzene rings is 2. The third kappa shape index (κ3) is 3.71.